The maximum Gasteiger partial charge on any atom is 0.124 e. The number of methoxy groups -OCH3 is 1. The standard InChI is InChI=1S/C15H23NO3/c1-11-12(7-8-18-11)15(16)13-5-3-4-6-14(13)19-10-9-17-2/h3-6,11-12,15H,7-10,16H2,1-2H3. The number of ether oxygens (including phenoxy) is 3. The van der Waals surface area contributed by atoms with E-state index in [1.807, 2.05) is 24.3 Å². The molecular formula is C15H23NO3. The lowest BCUT2D eigenvalue weighted by atomic mass is 9.88. The van der Waals surface area contributed by atoms with Crippen LogP contribution in [0.25, 0.3) is 0 Å². The summed E-state index contributed by atoms with van der Waals surface area (Å²) in [5, 5.41) is 0. The molecule has 0 aromatic heterocycles. The van der Waals surface area contributed by atoms with Gasteiger partial charge in [0.25, 0.3) is 0 Å². The molecule has 0 saturated carbocycles. The summed E-state index contributed by atoms with van der Waals surface area (Å²) in [7, 11) is 1.67. The highest BCUT2D eigenvalue weighted by atomic mass is 16.5. The van der Waals surface area contributed by atoms with Gasteiger partial charge >= 0.3 is 0 Å². The Bertz CT molecular complexity index is 397. The SMILES string of the molecule is COCCOc1ccccc1C(N)C1CCOC1C. The zero-order valence-electron chi connectivity index (χ0n) is 11.7. The van der Waals surface area contributed by atoms with E-state index in [4.69, 9.17) is 19.9 Å². The lowest BCUT2D eigenvalue weighted by molar-refractivity contribution is 0.0988. The molecule has 3 unspecified atom stereocenters. The lowest BCUT2D eigenvalue weighted by Gasteiger charge is -2.24. The van der Waals surface area contributed by atoms with Gasteiger partial charge in [-0.1, -0.05) is 18.2 Å². The highest BCUT2D eigenvalue weighted by Crippen LogP contribution is 2.35. The lowest BCUT2D eigenvalue weighted by Crippen LogP contribution is -2.27. The van der Waals surface area contributed by atoms with Crippen molar-refractivity contribution >= 4 is 0 Å². The first-order valence-electron chi connectivity index (χ1n) is 6.82. The number of nitrogens with two attached hydrogens (primary N) is 1. The van der Waals surface area contributed by atoms with E-state index in [2.05, 4.69) is 6.92 Å². The van der Waals surface area contributed by atoms with Crippen molar-refractivity contribution in [1.82, 2.24) is 0 Å². The van der Waals surface area contributed by atoms with E-state index in [0.717, 1.165) is 24.3 Å². The Hall–Kier alpha value is -1.10. The van der Waals surface area contributed by atoms with Crippen molar-refractivity contribution in [3.05, 3.63) is 29.8 Å². The van der Waals surface area contributed by atoms with Gasteiger partial charge < -0.3 is 19.9 Å². The Kier molecular flexibility index (Phi) is 5.19. The molecule has 0 radical (unpaired) electrons. The number of para-hydroxylation sites is 1. The van der Waals surface area contributed by atoms with Crippen molar-refractivity contribution in [1.29, 1.82) is 0 Å². The average Bonchev–Trinajstić information content (AvgIpc) is 2.85. The van der Waals surface area contributed by atoms with Gasteiger partial charge in [-0.15, -0.1) is 0 Å². The van der Waals surface area contributed by atoms with E-state index in [1.165, 1.54) is 0 Å². The number of hydrogen-bond donors (Lipinski definition) is 1. The average molecular weight is 265 g/mol. The molecule has 1 heterocycles. The first kappa shape index (κ1) is 14.3. The molecular weight excluding hydrogens is 242 g/mol. The van der Waals surface area contributed by atoms with Crippen LogP contribution in [-0.2, 0) is 9.47 Å². The maximum absolute atomic E-state index is 6.40. The summed E-state index contributed by atoms with van der Waals surface area (Å²) in [5.74, 6) is 1.21. The molecule has 0 bridgehead atoms. The molecule has 1 fully saturated rings. The van der Waals surface area contributed by atoms with Gasteiger partial charge in [0.05, 0.1) is 12.7 Å². The van der Waals surface area contributed by atoms with Crippen molar-refractivity contribution in [2.45, 2.75) is 25.5 Å². The monoisotopic (exact) mass is 265 g/mol. The molecule has 1 saturated heterocycles. The van der Waals surface area contributed by atoms with Crippen LogP contribution in [0.1, 0.15) is 24.9 Å². The van der Waals surface area contributed by atoms with E-state index in [-0.39, 0.29) is 12.1 Å². The van der Waals surface area contributed by atoms with Gasteiger partial charge in [-0.3, -0.25) is 0 Å². The van der Waals surface area contributed by atoms with Crippen molar-refractivity contribution in [2.75, 3.05) is 26.9 Å². The summed E-state index contributed by atoms with van der Waals surface area (Å²) in [6.45, 7) is 4.00. The van der Waals surface area contributed by atoms with Crippen LogP contribution in [0.4, 0.5) is 0 Å². The largest absolute Gasteiger partial charge is 0.491 e. The molecule has 0 spiro atoms. The number of benzene rings is 1. The van der Waals surface area contributed by atoms with E-state index < -0.39 is 0 Å². The second-order valence-electron chi connectivity index (χ2n) is 4.93. The third kappa shape index (κ3) is 3.47. The molecule has 2 N–H and O–H groups in total. The minimum atomic E-state index is -0.0451. The number of rotatable bonds is 6. The Labute approximate surface area is 114 Å². The summed E-state index contributed by atoms with van der Waals surface area (Å²) in [4.78, 5) is 0. The molecule has 1 aromatic rings. The molecule has 19 heavy (non-hydrogen) atoms. The molecule has 0 aliphatic carbocycles. The molecule has 0 amide bonds. The second-order valence-corrected chi connectivity index (χ2v) is 4.93. The quantitative estimate of drug-likeness (QED) is 0.801. The molecule has 1 aromatic carbocycles. The minimum absolute atomic E-state index is 0.0451. The summed E-state index contributed by atoms with van der Waals surface area (Å²) in [5.41, 5.74) is 7.46. The summed E-state index contributed by atoms with van der Waals surface area (Å²) in [6, 6.07) is 7.92. The highest BCUT2D eigenvalue weighted by molar-refractivity contribution is 5.36. The zero-order chi connectivity index (χ0) is 13.7. The third-order valence-electron chi connectivity index (χ3n) is 3.72. The Balaban J connectivity index is 2.09. The van der Waals surface area contributed by atoms with Crippen molar-refractivity contribution < 1.29 is 14.2 Å². The normalized spacial score (nSPS) is 24.4. The smallest absolute Gasteiger partial charge is 0.124 e. The van der Waals surface area contributed by atoms with Gasteiger partial charge in [-0.2, -0.15) is 0 Å². The predicted octanol–water partition coefficient (Wildman–Crippen LogP) is 2.14. The molecule has 4 nitrogen and oxygen atoms in total. The van der Waals surface area contributed by atoms with Crippen molar-refractivity contribution in [2.24, 2.45) is 11.7 Å². The summed E-state index contributed by atoms with van der Waals surface area (Å²) < 4.78 is 16.4. The van der Waals surface area contributed by atoms with Gasteiger partial charge in [0.2, 0.25) is 0 Å². The van der Waals surface area contributed by atoms with Crippen molar-refractivity contribution in [3.8, 4) is 5.75 Å². The van der Waals surface area contributed by atoms with E-state index >= 15 is 0 Å². The molecule has 1 aliphatic heterocycles. The van der Waals surface area contributed by atoms with E-state index in [9.17, 15) is 0 Å². The van der Waals surface area contributed by atoms with Gasteiger partial charge in [-0.05, 0) is 19.4 Å². The van der Waals surface area contributed by atoms with Crippen LogP contribution in [0, 0.1) is 5.92 Å². The topological polar surface area (TPSA) is 53.7 Å². The van der Waals surface area contributed by atoms with Crippen LogP contribution >= 0.6 is 0 Å². The van der Waals surface area contributed by atoms with Gasteiger partial charge in [0.15, 0.2) is 0 Å². The zero-order valence-corrected chi connectivity index (χ0v) is 11.7. The predicted molar refractivity (Wildman–Crippen MR) is 74.3 cm³/mol. The fraction of sp³-hybridized carbons (Fsp3) is 0.600. The molecule has 1 aliphatic rings. The van der Waals surface area contributed by atoms with E-state index in [0.29, 0.717) is 19.1 Å². The number of hydrogen-bond acceptors (Lipinski definition) is 4. The highest BCUT2D eigenvalue weighted by Gasteiger charge is 2.31. The first-order chi connectivity index (χ1) is 9.24. The first-order valence-corrected chi connectivity index (χ1v) is 6.82. The molecule has 4 heteroatoms. The van der Waals surface area contributed by atoms with Gasteiger partial charge in [-0.25, -0.2) is 0 Å². The van der Waals surface area contributed by atoms with Crippen LogP contribution in [0.2, 0.25) is 0 Å². The van der Waals surface area contributed by atoms with Crippen LogP contribution in [0.5, 0.6) is 5.75 Å². The van der Waals surface area contributed by atoms with Gasteiger partial charge in [0.1, 0.15) is 12.4 Å². The summed E-state index contributed by atoms with van der Waals surface area (Å²) in [6.07, 6.45) is 1.22. The summed E-state index contributed by atoms with van der Waals surface area (Å²) >= 11 is 0. The molecule has 106 valence electrons. The fourth-order valence-corrected chi connectivity index (χ4v) is 2.57. The van der Waals surface area contributed by atoms with Crippen LogP contribution in [0.15, 0.2) is 24.3 Å². The molecule has 2 rings (SSSR count). The third-order valence-corrected chi connectivity index (χ3v) is 3.72. The van der Waals surface area contributed by atoms with Gasteiger partial charge in [0, 0.05) is 31.2 Å². The van der Waals surface area contributed by atoms with Crippen LogP contribution in [0.3, 0.4) is 0 Å². The van der Waals surface area contributed by atoms with Crippen molar-refractivity contribution in [3.63, 3.8) is 0 Å². The second kappa shape index (κ2) is 6.89. The molecule has 3 atom stereocenters. The van der Waals surface area contributed by atoms with E-state index in [1.54, 1.807) is 7.11 Å². The van der Waals surface area contributed by atoms with Crippen LogP contribution in [-0.4, -0.2) is 33.0 Å². The fourth-order valence-electron chi connectivity index (χ4n) is 2.57. The maximum atomic E-state index is 6.40. The Morgan fingerprint density at radius 1 is 1.37 bits per heavy atom. The Morgan fingerprint density at radius 2 is 2.16 bits per heavy atom. The minimum Gasteiger partial charge on any atom is -0.491 e. The Morgan fingerprint density at radius 3 is 2.84 bits per heavy atom. The van der Waals surface area contributed by atoms with Crippen LogP contribution < -0.4 is 10.5 Å².